The summed E-state index contributed by atoms with van der Waals surface area (Å²) in [6, 6.07) is 26.4. The van der Waals surface area contributed by atoms with E-state index in [9.17, 15) is 9.59 Å². The Kier molecular flexibility index (Phi) is 7.46. The number of rotatable bonds is 9. The van der Waals surface area contributed by atoms with Gasteiger partial charge < -0.3 is 9.64 Å². The monoisotopic (exact) mass is 532 g/mol. The van der Waals surface area contributed by atoms with Gasteiger partial charge in [-0.2, -0.15) is 0 Å². The number of thiazole rings is 1. The molecule has 5 nitrogen and oxygen atoms in total. The molecule has 0 unspecified atom stereocenters. The first-order chi connectivity index (χ1) is 17.5. The fraction of sp³-hybridized carbons (Fsp3) is 0.179. The normalized spacial score (nSPS) is 16.1. The van der Waals surface area contributed by atoms with Gasteiger partial charge in [0, 0.05) is 0 Å². The molecule has 0 saturated carbocycles. The van der Waals surface area contributed by atoms with Crippen molar-refractivity contribution in [1.82, 2.24) is 9.88 Å². The van der Waals surface area contributed by atoms with Crippen molar-refractivity contribution in [2.75, 3.05) is 0 Å². The number of benzene rings is 3. The number of aromatic nitrogens is 1. The lowest BCUT2D eigenvalue weighted by Gasteiger charge is -2.44. The quantitative estimate of drug-likeness (QED) is 0.101. The highest BCUT2D eigenvalue weighted by molar-refractivity contribution is 8.77. The molecule has 36 heavy (non-hydrogen) atoms. The molecule has 1 saturated heterocycles. The Bertz CT molecular complexity index is 1320. The van der Waals surface area contributed by atoms with E-state index >= 15 is 0 Å². The van der Waals surface area contributed by atoms with Gasteiger partial charge in [-0.25, -0.2) is 9.78 Å². The number of likely N-dealkylation sites (tertiary alicyclic amines) is 1. The fourth-order valence-electron chi connectivity index (χ4n) is 4.09. The average molecular weight is 533 g/mol. The molecule has 0 N–H and O–H groups in total. The molecule has 1 amide bonds. The summed E-state index contributed by atoms with van der Waals surface area (Å²) in [4.78, 5) is 32.5. The number of nitrogens with zero attached hydrogens (tertiary/aromatic N) is 2. The Morgan fingerprint density at radius 2 is 1.64 bits per heavy atom. The van der Waals surface area contributed by atoms with Crippen LogP contribution in [0, 0.1) is 0 Å². The maximum atomic E-state index is 13.6. The summed E-state index contributed by atoms with van der Waals surface area (Å²) in [5.74, 6) is -0.567. The van der Waals surface area contributed by atoms with E-state index in [1.807, 2.05) is 84.9 Å². The lowest BCUT2D eigenvalue weighted by molar-refractivity contribution is -0.162. The van der Waals surface area contributed by atoms with Gasteiger partial charge in [-0.1, -0.05) is 90.2 Å². The Labute approximate surface area is 222 Å². The van der Waals surface area contributed by atoms with Gasteiger partial charge in [0.25, 0.3) is 0 Å². The summed E-state index contributed by atoms with van der Waals surface area (Å²) < 4.78 is 8.13. The average Bonchev–Trinajstić information content (AvgIpc) is 3.31. The van der Waals surface area contributed by atoms with Gasteiger partial charge in [-0.05, 0) is 46.6 Å². The predicted octanol–water partition coefficient (Wildman–Crippen LogP) is 6.87. The van der Waals surface area contributed by atoms with E-state index in [2.05, 4.69) is 11.6 Å². The number of ether oxygens (including phenoxy) is 1. The summed E-state index contributed by atoms with van der Waals surface area (Å²) in [6.45, 7) is 5.79. The van der Waals surface area contributed by atoms with Crippen molar-refractivity contribution < 1.29 is 14.3 Å². The highest BCUT2D eigenvalue weighted by Crippen LogP contribution is 2.45. The molecule has 0 bridgehead atoms. The van der Waals surface area contributed by atoms with Gasteiger partial charge >= 0.3 is 5.97 Å². The van der Waals surface area contributed by atoms with Gasteiger partial charge in [0.15, 0.2) is 16.5 Å². The summed E-state index contributed by atoms with van der Waals surface area (Å²) in [6.07, 6.45) is -0.221. The molecule has 1 fully saturated rings. The van der Waals surface area contributed by atoms with Crippen molar-refractivity contribution in [3.8, 4) is 0 Å². The third kappa shape index (κ3) is 5.21. The largest absolute Gasteiger partial charge is 0.451 e. The van der Waals surface area contributed by atoms with Crippen LogP contribution in [-0.4, -0.2) is 33.2 Å². The van der Waals surface area contributed by atoms with Gasteiger partial charge in [-0.3, -0.25) is 4.79 Å². The van der Waals surface area contributed by atoms with E-state index in [0.29, 0.717) is 12.0 Å². The molecule has 8 heteroatoms. The van der Waals surface area contributed by atoms with Gasteiger partial charge in [-0.15, -0.1) is 11.3 Å². The topological polar surface area (TPSA) is 59.5 Å². The van der Waals surface area contributed by atoms with Crippen LogP contribution in [0.3, 0.4) is 0 Å². The van der Waals surface area contributed by atoms with E-state index in [1.165, 1.54) is 21.6 Å². The molecule has 2 heterocycles. The van der Waals surface area contributed by atoms with Crippen molar-refractivity contribution in [2.45, 2.75) is 35.2 Å². The zero-order valence-electron chi connectivity index (χ0n) is 19.6. The van der Waals surface area contributed by atoms with Crippen LogP contribution in [-0.2, 0) is 14.3 Å². The second-order valence-electron chi connectivity index (χ2n) is 8.47. The van der Waals surface area contributed by atoms with Crippen LogP contribution >= 0.6 is 32.9 Å². The third-order valence-electron chi connectivity index (χ3n) is 5.86. The number of hydrogen-bond acceptors (Lipinski definition) is 7. The Balaban J connectivity index is 1.33. The number of esters is 1. The molecular weight excluding hydrogens is 509 g/mol. The van der Waals surface area contributed by atoms with Crippen LogP contribution in [0.25, 0.3) is 10.2 Å². The molecule has 2 atom stereocenters. The van der Waals surface area contributed by atoms with Crippen LogP contribution < -0.4 is 0 Å². The fourth-order valence-corrected chi connectivity index (χ4v) is 7.90. The standard InChI is InChI=1S/C28H24N2O3S3/c1-18(2)25(27(32)33-26(19-11-5-3-6-12-19)20-13-7-4-8-14-20)30-23(31)17-24(30)35-36-28-29-21-15-9-10-16-22(21)34-28/h3-16,24-26H,1,17H2,2H3/t24-,25-/m1/s1. The lowest BCUT2D eigenvalue weighted by Crippen LogP contribution is -2.59. The molecule has 0 radical (unpaired) electrons. The number of amides is 1. The number of fused-ring (bicyclic) bond motifs is 1. The minimum atomic E-state index is -0.852. The van der Waals surface area contributed by atoms with Crippen molar-refractivity contribution in [3.05, 3.63) is 108 Å². The van der Waals surface area contributed by atoms with Crippen molar-refractivity contribution in [1.29, 1.82) is 0 Å². The third-order valence-corrected chi connectivity index (χ3v) is 9.88. The Morgan fingerprint density at radius 3 is 2.22 bits per heavy atom. The summed E-state index contributed by atoms with van der Waals surface area (Å²) >= 11 is 1.62. The number of carbonyl (C=O) groups excluding carboxylic acids is 2. The molecule has 3 aromatic carbocycles. The van der Waals surface area contributed by atoms with Crippen LogP contribution in [0.4, 0.5) is 0 Å². The predicted molar refractivity (Wildman–Crippen MR) is 148 cm³/mol. The van der Waals surface area contributed by atoms with Gasteiger partial charge in [0.1, 0.15) is 0 Å². The van der Waals surface area contributed by atoms with Gasteiger partial charge in [0.05, 0.1) is 22.0 Å². The zero-order chi connectivity index (χ0) is 25.1. The molecule has 4 aromatic rings. The van der Waals surface area contributed by atoms with Crippen molar-refractivity contribution >= 4 is 55.0 Å². The van der Waals surface area contributed by atoms with E-state index in [-0.39, 0.29) is 11.3 Å². The molecular formula is C28H24N2O3S3. The van der Waals surface area contributed by atoms with Gasteiger partial charge in [0.2, 0.25) is 5.91 Å². The first-order valence-electron chi connectivity index (χ1n) is 11.5. The first-order valence-corrected chi connectivity index (χ1v) is 14.5. The highest BCUT2D eigenvalue weighted by atomic mass is 33.1. The Hall–Kier alpha value is -3.07. The number of β-lactam (4-membered cyclic amide) rings is 1. The summed E-state index contributed by atoms with van der Waals surface area (Å²) in [5, 5.41) is -0.171. The number of hydrogen-bond donors (Lipinski definition) is 0. The first kappa shape index (κ1) is 24.6. The second-order valence-corrected chi connectivity index (χ2v) is 12.1. The molecule has 182 valence electrons. The van der Waals surface area contributed by atoms with E-state index < -0.39 is 18.1 Å². The number of para-hydroxylation sites is 1. The van der Waals surface area contributed by atoms with E-state index in [1.54, 1.807) is 23.2 Å². The molecule has 1 aliphatic rings. The van der Waals surface area contributed by atoms with Crippen LogP contribution in [0.2, 0.25) is 0 Å². The summed E-state index contributed by atoms with van der Waals surface area (Å²) in [5.41, 5.74) is 3.27. The van der Waals surface area contributed by atoms with Crippen LogP contribution in [0.5, 0.6) is 0 Å². The minimum Gasteiger partial charge on any atom is -0.451 e. The molecule has 1 aliphatic heterocycles. The smallest absolute Gasteiger partial charge is 0.334 e. The van der Waals surface area contributed by atoms with E-state index in [4.69, 9.17) is 4.74 Å². The van der Waals surface area contributed by atoms with Crippen LogP contribution in [0.15, 0.2) is 101 Å². The van der Waals surface area contributed by atoms with Crippen molar-refractivity contribution in [3.63, 3.8) is 0 Å². The maximum Gasteiger partial charge on any atom is 0.334 e. The minimum absolute atomic E-state index is 0.0849. The van der Waals surface area contributed by atoms with E-state index in [0.717, 1.165) is 25.7 Å². The van der Waals surface area contributed by atoms with Crippen molar-refractivity contribution in [2.24, 2.45) is 0 Å². The highest BCUT2D eigenvalue weighted by Gasteiger charge is 2.46. The Morgan fingerprint density at radius 1 is 1.03 bits per heavy atom. The SMILES string of the molecule is C=C(C)[C@H](C(=O)OC(c1ccccc1)c1ccccc1)N1C(=O)C[C@H]1SSc1nc2ccccc2s1. The van der Waals surface area contributed by atoms with Crippen LogP contribution in [0.1, 0.15) is 30.6 Å². The zero-order valence-corrected chi connectivity index (χ0v) is 22.0. The number of carbonyl (C=O) groups is 2. The lowest BCUT2D eigenvalue weighted by atomic mass is 10.00. The maximum absolute atomic E-state index is 13.6. The molecule has 0 spiro atoms. The molecule has 0 aliphatic carbocycles. The summed E-state index contributed by atoms with van der Waals surface area (Å²) in [7, 11) is 3.07. The molecule has 5 rings (SSSR count). The molecule has 1 aromatic heterocycles. The second kappa shape index (κ2) is 10.9.